The van der Waals surface area contributed by atoms with Crippen LogP contribution in [0.25, 0.3) is 0 Å². The molecule has 1 aliphatic rings. The van der Waals surface area contributed by atoms with Crippen molar-refractivity contribution in [2.45, 2.75) is 59.7 Å². The molecule has 0 bridgehead atoms. The second-order valence-corrected chi connectivity index (χ2v) is 5.97. The van der Waals surface area contributed by atoms with E-state index in [0.29, 0.717) is 23.5 Å². The van der Waals surface area contributed by atoms with Crippen LogP contribution >= 0.6 is 0 Å². The fourth-order valence-corrected chi connectivity index (χ4v) is 2.19. The van der Waals surface area contributed by atoms with Crippen molar-refractivity contribution in [1.29, 1.82) is 0 Å². The van der Waals surface area contributed by atoms with Gasteiger partial charge in [-0.1, -0.05) is 20.8 Å². The summed E-state index contributed by atoms with van der Waals surface area (Å²) in [5.41, 5.74) is 0.368. The van der Waals surface area contributed by atoms with Crippen molar-refractivity contribution >= 4 is 0 Å². The third-order valence-corrected chi connectivity index (χ3v) is 3.33. The van der Waals surface area contributed by atoms with Crippen LogP contribution in [0.15, 0.2) is 0 Å². The van der Waals surface area contributed by atoms with Crippen LogP contribution in [-0.4, -0.2) is 36.1 Å². The lowest BCUT2D eigenvalue weighted by atomic mass is 9.84. The standard InChI is InChI=1S/C12H26N2/c1-9(2)14-8-11(12(4,5)6)13-7-10(14)3/h9-11,13H,7-8H2,1-6H3. The van der Waals surface area contributed by atoms with Crippen molar-refractivity contribution in [3.8, 4) is 0 Å². The van der Waals surface area contributed by atoms with Gasteiger partial charge in [-0.15, -0.1) is 0 Å². The third-order valence-electron chi connectivity index (χ3n) is 3.33. The zero-order chi connectivity index (χ0) is 10.9. The molecule has 1 saturated heterocycles. The molecule has 2 heteroatoms. The van der Waals surface area contributed by atoms with Crippen molar-refractivity contribution in [2.24, 2.45) is 5.41 Å². The Morgan fingerprint density at radius 3 is 2.29 bits per heavy atom. The Labute approximate surface area is 89.1 Å². The van der Waals surface area contributed by atoms with Crippen molar-refractivity contribution in [3.05, 3.63) is 0 Å². The summed E-state index contributed by atoms with van der Waals surface area (Å²) in [7, 11) is 0. The van der Waals surface area contributed by atoms with Crippen LogP contribution in [0.5, 0.6) is 0 Å². The molecule has 0 aromatic carbocycles. The summed E-state index contributed by atoms with van der Waals surface area (Å²) in [5, 5.41) is 3.65. The third kappa shape index (κ3) is 2.71. The fourth-order valence-electron chi connectivity index (χ4n) is 2.19. The van der Waals surface area contributed by atoms with Gasteiger partial charge in [0.05, 0.1) is 0 Å². The van der Waals surface area contributed by atoms with Gasteiger partial charge in [0.2, 0.25) is 0 Å². The summed E-state index contributed by atoms with van der Waals surface area (Å²) in [6.45, 7) is 16.2. The number of rotatable bonds is 1. The van der Waals surface area contributed by atoms with Gasteiger partial charge in [0.15, 0.2) is 0 Å². The summed E-state index contributed by atoms with van der Waals surface area (Å²) in [4.78, 5) is 2.60. The van der Waals surface area contributed by atoms with E-state index in [2.05, 4.69) is 51.8 Å². The van der Waals surface area contributed by atoms with Crippen molar-refractivity contribution < 1.29 is 0 Å². The molecular weight excluding hydrogens is 172 g/mol. The minimum Gasteiger partial charge on any atom is -0.311 e. The lowest BCUT2D eigenvalue weighted by molar-refractivity contribution is 0.0693. The molecule has 0 aromatic heterocycles. The van der Waals surface area contributed by atoms with Gasteiger partial charge in [0.1, 0.15) is 0 Å². The molecule has 0 saturated carbocycles. The maximum Gasteiger partial charge on any atom is 0.0244 e. The Morgan fingerprint density at radius 2 is 1.86 bits per heavy atom. The average molecular weight is 198 g/mol. The molecule has 0 spiro atoms. The first kappa shape index (κ1) is 12.0. The van der Waals surface area contributed by atoms with Gasteiger partial charge in [-0.2, -0.15) is 0 Å². The van der Waals surface area contributed by atoms with Crippen LogP contribution in [0, 0.1) is 5.41 Å². The molecule has 2 unspecified atom stereocenters. The Bertz CT molecular complexity index is 181. The van der Waals surface area contributed by atoms with Gasteiger partial charge >= 0.3 is 0 Å². The molecule has 0 radical (unpaired) electrons. The zero-order valence-corrected chi connectivity index (χ0v) is 10.6. The number of hydrogen-bond donors (Lipinski definition) is 1. The second kappa shape index (κ2) is 4.19. The van der Waals surface area contributed by atoms with Crippen LogP contribution in [0.2, 0.25) is 0 Å². The van der Waals surface area contributed by atoms with Crippen LogP contribution in [-0.2, 0) is 0 Å². The molecule has 1 fully saturated rings. The Morgan fingerprint density at radius 1 is 1.29 bits per heavy atom. The highest BCUT2D eigenvalue weighted by atomic mass is 15.2. The van der Waals surface area contributed by atoms with Crippen molar-refractivity contribution in [2.75, 3.05) is 13.1 Å². The van der Waals surface area contributed by atoms with E-state index in [4.69, 9.17) is 0 Å². The molecule has 0 aliphatic carbocycles. The molecule has 84 valence electrons. The monoisotopic (exact) mass is 198 g/mol. The lowest BCUT2D eigenvalue weighted by Crippen LogP contribution is -2.60. The first-order valence-electron chi connectivity index (χ1n) is 5.81. The van der Waals surface area contributed by atoms with E-state index in [1.807, 2.05) is 0 Å². The van der Waals surface area contributed by atoms with E-state index in [9.17, 15) is 0 Å². The zero-order valence-electron chi connectivity index (χ0n) is 10.6. The van der Waals surface area contributed by atoms with E-state index >= 15 is 0 Å². The molecule has 1 heterocycles. The summed E-state index contributed by atoms with van der Waals surface area (Å²) < 4.78 is 0. The minimum atomic E-state index is 0.368. The van der Waals surface area contributed by atoms with Gasteiger partial charge in [-0.3, -0.25) is 4.90 Å². The Hall–Kier alpha value is -0.0800. The number of nitrogens with zero attached hydrogens (tertiary/aromatic N) is 1. The normalized spacial score (nSPS) is 31.1. The first-order chi connectivity index (χ1) is 6.32. The number of nitrogens with one attached hydrogen (secondary N) is 1. The second-order valence-electron chi connectivity index (χ2n) is 5.97. The van der Waals surface area contributed by atoms with Gasteiger partial charge in [0, 0.05) is 31.2 Å². The van der Waals surface area contributed by atoms with Crippen LogP contribution in [0.3, 0.4) is 0 Å². The van der Waals surface area contributed by atoms with Gasteiger partial charge in [-0.05, 0) is 26.2 Å². The summed E-state index contributed by atoms with van der Waals surface area (Å²) in [5.74, 6) is 0. The first-order valence-corrected chi connectivity index (χ1v) is 5.81. The molecule has 1 rings (SSSR count). The van der Waals surface area contributed by atoms with E-state index < -0.39 is 0 Å². The van der Waals surface area contributed by atoms with E-state index in [1.165, 1.54) is 6.54 Å². The Balaban J connectivity index is 2.62. The smallest absolute Gasteiger partial charge is 0.0244 e. The largest absolute Gasteiger partial charge is 0.311 e. The summed E-state index contributed by atoms with van der Waals surface area (Å²) >= 11 is 0. The van der Waals surface area contributed by atoms with Crippen molar-refractivity contribution in [1.82, 2.24) is 10.2 Å². The van der Waals surface area contributed by atoms with Crippen LogP contribution in [0.4, 0.5) is 0 Å². The van der Waals surface area contributed by atoms with E-state index in [0.717, 1.165) is 6.54 Å². The fraction of sp³-hybridized carbons (Fsp3) is 1.00. The molecule has 2 nitrogen and oxygen atoms in total. The maximum absolute atomic E-state index is 3.65. The van der Waals surface area contributed by atoms with Gasteiger partial charge in [-0.25, -0.2) is 0 Å². The molecule has 2 atom stereocenters. The molecule has 14 heavy (non-hydrogen) atoms. The SMILES string of the molecule is CC(C)N1CC(C(C)(C)C)NCC1C. The highest BCUT2D eigenvalue weighted by Crippen LogP contribution is 2.24. The van der Waals surface area contributed by atoms with Gasteiger partial charge in [0.25, 0.3) is 0 Å². The molecule has 1 aliphatic heterocycles. The van der Waals surface area contributed by atoms with Gasteiger partial charge < -0.3 is 5.32 Å². The molecular formula is C12H26N2. The average Bonchev–Trinajstić information content (AvgIpc) is 2.02. The quantitative estimate of drug-likeness (QED) is 0.694. The molecule has 1 N–H and O–H groups in total. The van der Waals surface area contributed by atoms with E-state index in [-0.39, 0.29) is 0 Å². The lowest BCUT2D eigenvalue weighted by Gasteiger charge is -2.45. The number of hydrogen-bond acceptors (Lipinski definition) is 2. The minimum absolute atomic E-state index is 0.368. The number of piperazine rings is 1. The van der Waals surface area contributed by atoms with Crippen LogP contribution in [0.1, 0.15) is 41.5 Å². The topological polar surface area (TPSA) is 15.3 Å². The van der Waals surface area contributed by atoms with Crippen LogP contribution < -0.4 is 5.32 Å². The predicted molar refractivity (Wildman–Crippen MR) is 62.5 cm³/mol. The molecule has 0 aromatic rings. The highest BCUT2D eigenvalue weighted by Gasteiger charge is 2.33. The summed E-state index contributed by atoms with van der Waals surface area (Å²) in [6, 6.07) is 1.96. The summed E-state index contributed by atoms with van der Waals surface area (Å²) in [6.07, 6.45) is 0. The maximum atomic E-state index is 3.65. The highest BCUT2D eigenvalue weighted by molar-refractivity contribution is 4.91. The van der Waals surface area contributed by atoms with Crippen molar-refractivity contribution in [3.63, 3.8) is 0 Å². The van der Waals surface area contributed by atoms with E-state index in [1.54, 1.807) is 0 Å². The predicted octanol–water partition coefficient (Wildman–Crippen LogP) is 2.10. The Kier molecular flexibility index (Phi) is 3.59. The molecule has 0 amide bonds.